The SMILES string of the molecule is O=C(C[C@@H]1CC[C@H]2[C@@H](COC[C@@H](O)CN2Cc2cc(F)ccc2F)O1)NCc1ccccc1. The molecule has 8 heteroatoms. The smallest absolute Gasteiger partial charge is 0.222 e. The number of amides is 1. The summed E-state index contributed by atoms with van der Waals surface area (Å²) >= 11 is 0. The molecule has 178 valence electrons. The Morgan fingerprint density at radius 2 is 1.94 bits per heavy atom. The number of hydrogen-bond donors (Lipinski definition) is 2. The number of ether oxygens (including phenoxy) is 2. The van der Waals surface area contributed by atoms with Gasteiger partial charge < -0.3 is 19.9 Å². The fraction of sp³-hybridized carbons (Fsp3) is 0.480. The quantitative estimate of drug-likeness (QED) is 0.694. The molecular formula is C25H30F2N2O4. The minimum absolute atomic E-state index is 0.0804. The third-order valence-electron chi connectivity index (χ3n) is 6.21. The molecule has 33 heavy (non-hydrogen) atoms. The molecule has 4 atom stereocenters. The van der Waals surface area contributed by atoms with Crippen molar-refractivity contribution >= 4 is 5.91 Å². The van der Waals surface area contributed by atoms with Gasteiger partial charge in [0.1, 0.15) is 11.6 Å². The molecule has 2 aromatic carbocycles. The van der Waals surface area contributed by atoms with Crippen molar-refractivity contribution in [3.05, 3.63) is 71.3 Å². The summed E-state index contributed by atoms with van der Waals surface area (Å²) in [6.07, 6.45) is 0.297. The monoisotopic (exact) mass is 460 g/mol. The van der Waals surface area contributed by atoms with Crippen molar-refractivity contribution in [2.75, 3.05) is 19.8 Å². The van der Waals surface area contributed by atoms with E-state index in [1.54, 1.807) is 0 Å². The van der Waals surface area contributed by atoms with Gasteiger partial charge in [0.05, 0.1) is 37.9 Å². The lowest BCUT2D eigenvalue weighted by Crippen LogP contribution is -2.55. The lowest BCUT2D eigenvalue weighted by Gasteiger charge is -2.44. The normalized spacial score (nSPS) is 26.2. The summed E-state index contributed by atoms with van der Waals surface area (Å²) < 4.78 is 39.8. The fourth-order valence-electron chi connectivity index (χ4n) is 4.59. The zero-order valence-corrected chi connectivity index (χ0v) is 18.5. The summed E-state index contributed by atoms with van der Waals surface area (Å²) in [6, 6.07) is 13.0. The van der Waals surface area contributed by atoms with Crippen molar-refractivity contribution in [1.29, 1.82) is 0 Å². The highest BCUT2D eigenvalue weighted by Crippen LogP contribution is 2.29. The molecular weight excluding hydrogens is 430 g/mol. The number of carbonyl (C=O) groups is 1. The number of halogens is 2. The highest BCUT2D eigenvalue weighted by Gasteiger charge is 2.38. The third kappa shape index (κ3) is 6.57. The van der Waals surface area contributed by atoms with Gasteiger partial charge in [-0.15, -0.1) is 0 Å². The second-order valence-corrected chi connectivity index (χ2v) is 8.76. The van der Waals surface area contributed by atoms with Crippen molar-refractivity contribution < 1.29 is 28.2 Å². The number of nitrogens with one attached hydrogen (secondary N) is 1. The van der Waals surface area contributed by atoms with E-state index in [9.17, 15) is 18.7 Å². The molecule has 6 nitrogen and oxygen atoms in total. The molecule has 2 heterocycles. The molecule has 0 saturated carbocycles. The van der Waals surface area contributed by atoms with Crippen LogP contribution in [0.15, 0.2) is 48.5 Å². The first kappa shape index (κ1) is 23.8. The maximum atomic E-state index is 14.3. The summed E-state index contributed by atoms with van der Waals surface area (Å²) in [6.45, 7) is 1.30. The molecule has 0 unspecified atom stereocenters. The number of aliphatic hydroxyl groups excluding tert-OH is 1. The highest BCUT2D eigenvalue weighted by atomic mass is 19.1. The topological polar surface area (TPSA) is 71.0 Å². The van der Waals surface area contributed by atoms with Gasteiger partial charge in [-0.2, -0.15) is 0 Å². The van der Waals surface area contributed by atoms with E-state index >= 15 is 0 Å². The average molecular weight is 461 g/mol. The van der Waals surface area contributed by atoms with E-state index in [-0.39, 0.29) is 62.4 Å². The second kappa shape index (κ2) is 11.2. The molecule has 0 bridgehead atoms. The molecule has 2 aromatic rings. The zero-order valence-electron chi connectivity index (χ0n) is 18.5. The Hall–Kier alpha value is -2.39. The summed E-state index contributed by atoms with van der Waals surface area (Å²) in [4.78, 5) is 14.4. The van der Waals surface area contributed by atoms with Crippen LogP contribution >= 0.6 is 0 Å². The number of nitrogens with zero attached hydrogens (tertiary/aromatic N) is 1. The van der Waals surface area contributed by atoms with Crippen molar-refractivity contribution in [2.45, 2.75) is 56.7 Å². The van der Waals surface area contributed by atoms with Crippen LogP contribution in [0, 0.1) is 11.6 Å². The first-order valence-corrected chi connectivity index (χ1v) is 11.4. The number of benzene rings is 2. The summed E-state index contributed by atoms with van der Waals surface area (Å²) in [7, 11) is 0. The predicted octanol–water partition coefficient (Wildman–Crippen LogP) is 2.78. The van der Waals surface area contributed by atoms with Crippen molar-refractivity contribution in [2.24, 2.45) is 0 Å². The Kier molecular flexibility index (Phi) is 8.03. The molecule has 2 aliphatic rings. The van der Waals surface area contributed by atoms with Gasteiger partial charge in [-0.25, -0.2) is 8.78 Å². The predicted molar refractivity (Wildman–Crippen MR) is 118 cm³/mol. The number of fused-ring (bicyclic) bond motifs is 1. The van der Waals surface area contributed by atoms with Crippen LogP contribution in [0.2, 0.25) is 0 Å². The fourth-order valence-corrected chi connectivity index (χ4v) is 4.59. The average Bonchev–Trinajstić information content (AvgIpc) is 2.79. The first-order chi connectivity index (χ1) is 16.0. The van der Waals surface area contributed by atoms with Crippen LogP contribution in [-0.2, 0) is 27.4 Å². The van der Waals surface area contributed by atoms with E-state index in [1.807, 2.05) is 35.2 Å². The van der Waals surface area contributed by atoms with Crippen LogP contribution < -0.4 is 5.32 Å². The number of hydrogen-bond acceptors (Lipinski definition) is 5. The molecule has 0 spiro atoms. The lowest BCUT2D eigenvalue weighted by molar-refractivity contribution is -0.158. The van der Waals surface area contributed by atoms with E-state index in [2.05, 4.69) is 5.32 Å². The highest BCUT2D eigenvalue weighted by molar-refractivity contribution is 5.76. The lowest BCUT2D eigenvalue weighted by atomic mass is 9.94. The molecule has 2 saturated heterocycles. The molecule has 0 aromatic heterocycles. The summed E-state index contributed by atoms with van der Waals surface area (Å²) in [5.74, 6) is -1.06. The van der Waals surface area contributed by atoms with E-state index in [1.165, 1.54) is 6.07 Å². The van der Waals surface area contributed by atoms with Gasteiger partial charge in [0.15, 0.2) is 0 Å². The minimum atomic E-state index is -0.732. The maximum Gasteiger partial charge on any atom is 0.222 e. The Labute approximate surface area is 192 Å². The van der Waals surface area contributed by atoms with E-state index < -0.39 is 17.7 Å². The van der Waals surface area contributed by atoms with Gasteiger partial charge in [-0.3, -0.25) is 9.69 Å². The van der Waals surface area contributed by atoms with Crippen molar-refractivity contribution in [1.82, 2.24) is 10.2 Å². The maximum absolute atomic E-state index is 14.3. The summed E-state index contributed by atoms with van der Waals surface area (Å²) in [5, 5.41) is 13.2. The standard InChI is InChI=1S/C25H30F2N2O4/c26-19-6-8-22(27)18(10-19)13-29-14-20(30)15-32-16-24-23(29)9-7-21(33-24)11-25(31)28-12-17-4-2-1-3-5-17/h1-6,8,10,20-21,23-24,30H,7,9,11-16H2,(H,28,31)/t20-,21-,23-,24+/m0/s1. The minimum Gasteiger partial charge on any atom is -0.389 e. The third-order valence-corrected chi connectivity index (χ3v) is 6.21. The van der Waals surface area contributed by atoms with Gasteiger partial charge in [-0.1, -0.05) is 30.3 Å². The Morgan fingerprint density at radius 1 is 1.12 bits per heavy atom. The molecule has 1 amide bonds. The van der Waals surface area contributed by atoms with Crippen molar-refractivity contribution in [3.63, 3.8) is 0 Å². The van der Waals surface area contributed by atoms with Crippen LogP contribution in [-0.4, -0.2) is 60.0 Å². The van der Waals surface area contributed by atoms with E-state index in [0.29, 0.717) is 19.4 Å². The van der Waals surface area contributed by atoms with Gasteiger partial charge in [-0.05, 0) is 36.6 Å². The largest absolute Gasteiger partial charge is 0.389 e. The van der Waals surface area contributed by atoms with Gasteiger partial charge >= 0.3 is 0 Å². The van der Waals surface area contributed by atoms with Gasteiger partial charge in [0.25, 0.3) is 0 Å². The van der Waals surface area contributed by atoms with Gasteiger partial charge in [0, 0.05) is 31.2 Å². The van der Waals surface area contributed by atoms with E-state index in [4.69, 9.17) is 9.47 Å². The number of aliphatic hydroxyl groups is 1. The van der Waals surface area contributed by atoms with Crippen LogP contribution in [0.4, 0.5) is 8.78 Å². The van der Waals surface area contributed by atoms with E-state index in [0.717, 1.165) is 17.7 Å². The van der Waals surface area contributed by atoms with Crippen LogP contribution in [0.1, 0.15) is 30.4 Å². The Balaban J connectivity index is 1.37. The van der Waals surface area contributed by atoms with Crippen LogP contribution in [0.3, 0.4) is 0 Å². The second-order valence-electron chi connectivity index (χ2n) is 8.76. The molecule has 2 fully saturated rings. The number of carbonyl (C=O) groups excluding carboxylic acids is 1. The number of rotatable bonds is 6. The molecule has 0 radical (unpaired) electrons. The number of β-amino-alcohol motifs (C(OH)–C–C–N with tert-alkyl or cyclic N) is 1. The molecule has 4 rings (SSSR count). The first-order valence-electron chi connectivity index (χ1n) is 11.4. The molecule has 0 aliphatic carbocycles. The molecule has 2 N–H and O–H groups in total. The van der Waals surface area contributed by atoms with Crippen LogP contribution in [0.25, 0.3) is 0 Å². The van der Waals surface area contributed by atoms with Crippen molar-refractivity contribution in [3.8, 4) is 0 Å². The summed E-state index contributed by atoms with van der Waals surface area (Å²) in [5.41, 5.74) is 1.27. The van der Waals surface area contributed by atoms with Crippen LogP contribution in [0.5, 0.6) is 0 Å². The Morgan fingerprint density at radius 3 is 2.76 bits per heavy atom. The molecule has 2 aliphatic heterocycles. The van der Waals surface area contributed by atoms with Gasteiger partial charge in [0.2, 0.25) is 5.91 Å². The zero-order chi connectivity index (χ0) is 23.2. The Bertz CT molecular complexity index is 930.